The first-order valence-electron chi connectivity index (χ1n) is 5.71. The van der Waals surface area contributed by atoms with Gasteiger partial charge in [-0.15, -0.1) is 0 Å². The first kappa shape index (κ1) is 14.2. The van der Waals surface area contributed by atoms with Gasteiger partial charge >= 0.3 is 5.97 Å². The molecule has 0 aliphatic rings. The Kier molecular flexibility index (Phi) is 9.18. The zero-order valence-electron chi connectivity index (χ0n) is 9.48. The lowest BCUT2D eigenvalue weighted by Crippen LogP contribution is -2.12. The molecule has 0 aromatic heterocycles. The summed E-state index contributed by atoms with van der Waals surface area (Å²) in [6.07, 6.45) is 9.37. The Labute approximate surface area is 91.8 Å². The molecule has 3 heteroatoms. The fourth-order valence-electron chi connectivity index (χ4n) is 1.34. The number of hydrogen-bond acceptors (Lipinski definition) is 2. The van der Waals surface area contributed by atoms with Crippen molar-refractivity contribution in [1.82, 2.24) is 0 Å². The summed E-state index contributed by atoms with van der Waals surface area (Å²) in [5, 5.41) is 17.7. The fourth-order valence-corrected chi connectivity index (χ4v) is 1.34. The maximum absolute atomic E-state index is 10.2. The van der Waals surface area contributed by atoms with Crippen LogP contribution in [0, 0.1) is 0 Å². The van der Waals surface area contributed by atoms with Crippen LogP contribution in [0.4, 0.5) is 0 Å². The monoisotopic (exact) mass is 214 g/mol. The molecule has 3 nitrogen and oxygen atoms in total. The molecule has 0 radical (unpaired) electrons. The van der Waals surface area contributed by atoms with Crippen molar-refractivity contribution >= 4 is 5.97 Å². The number of unbranched alkanes of at least 4 members (excludes halogenated alkanes) is 3. The van der Waals surface area contributed by atoms with Gasteiger partial charge in [0.1, 0.15) is 0 Å². The van der Waals surface area contributed by atoms with Gasteiger partial charge in [-0.3, -0.25) is 4.79 Å². The van der Waals surface area contributed by atoms with E-state index in [4.69, 9.17) is 5.11 Å². The molecule has 0 bridgehead atoms. The first-order valence-corrected chi connectivity index (χ1v) is 5.71. The van der Waals surface area contributed by atoms with Crippen LogP contribution in [0.3, 0.4) is 0 Å². The Hall–Kier alpha value is -0.830. The Morgan fingerprint density at radius 1 is 1.27 bits per heavy atom. The number of hydrogen-bond donors (Lipinski definition) is 2. The maximum atomic E-state index is 10.2. The zero-order valence-corrected chi connectivity index (χ0v) is 9.48. The van der Waals surface area contributed by atoms with Gasteiger partial charge in [-0.2, -0.15) is 0 Å². The van der Waals surface area contributed by atoms with Crippen LogP contribution < -0.4 is 0 Å². The molecular weight excluding hydrogens is 192 g/mol. The van der Waals surface area contributed by atoms with E-state index < -0.39 is 12.1 Å². The fraction of sp³-hybridized carbons (Fsp3) is 0.750. The van der Waals surface area contributed by atoms with Gasteiger partial charge in [0, 0.05) is 0 Å². The Morgan fingerprint density at radius 3 is 2.53 bits per heavy atom. The molecule has 0 saturated carbocycles. The van der Waals surface area contributed by atoms with Crippen molar-refractivity contribution in [2.24, 2.45) is 0 Å². The third kappa shape index (κ3) is 11.1. The van der Waals surface area contributed by atoms with E-state index in [1.807, 2.05) is 6.08 Å². The molecule has 0 aromatic carbocycles. The number of carboxylic acid groups (broad SMARTS) is 1. The lowest BCUT2D eigenvalue weighted by atomic mass is 10.1. The summed E-state index contributed by atoms with van der Waals surface area (Å²) in [5.41, 5.74) is 0. The topological polar surface area (TPSA) is 57.5 Å². The molecule has 2 N–H and O–H groups in total. The number of allylic oxidation sites excluding steroid dienone is 2. The van der Waals surface area contributed by atoms with Gasteiger partial charge in [-0.25, -0.2) is 0 Å². The summed E-state index contributed by atoms with van der Waals surface area (Å²) in [5.74, 6) is -0.936. The van der Waals surface area contributed by atoms with E-state index in [0.29, 0.717) is 6.42 Å². The van der Waals surface area contributed by atoms with Crippen molar-refractivity contribution in [1.29, 1.82) is 0 Å². The van der Waals surface area contributed by atoms with Crippen LogP contribution in [-0.2, 0) is 4.79 Å². The van der Waals surface area contributed by atoms with Crippen molar-refractivity contribution in [2.75, 3.05) is 0 Å². The quantitative estimate of drug-likeness (QED) is 0.458. The van der Waals surface area contributed by atoms with E-state index in [0.717, 1.165) is 12.8 Å². The molecule has 0 rings (SSSR count). The predicted octanol–water partition coefficient (Wildman–Crippen LogP) is 2.74. The maximum Gasteiger partial charge on any atom is 0.305 e. The molecule has 88 valence electrons. The number of aliphatic hydroxyl groups is 1. The Morgan fingerprint density at radius 2 is 1.93 bits per heavy atom. The van der Waals surface area contributed by atoms with Crippen LogP contribution in [0.25, 0.3) is 0 Å². The molecule has 0 aliphatic carbocycles. The van der Waals surface area contributed by atoms with Crippen molar-refractivity contribution < 1.29 is 15.0 Å². The van der Waals surface area contributed by atoms with Crippen molar-refractivity contribution in [3.63, 3.8) is 0 Å². The van der Waals surface area contributed by atoms with Gasteiger partial charge in [-0.05, 0) is 25.7 Å². The van der Waals surface area contributed by atoms with E-state index in [2.05, 4.69) is 13.0 Å². The smallest absolute Gasteiger partial charge is 0.305 e. The highest BCUT2D eigenvalue weighted by atomic mass is 16.4. The molecule has 0 saturated heterocycles. The molecule has 1 unspecified atom stereocenters. The van der Waals surface area contributed by atoms with Crippen molar-refractivity contribution in [2.45, 2.75) is 58.0 Å². The van der Waals surface area contributed by atoms with Crippen LogP contribution in [0.5, 0.6) is 0 Å². The summed E-state index contributed by atoms with van der Waals surface area (Å²) < 4.78 is 0. The van der Waals surface area contributed by atoms with Crippen molar-refractivity contribution in [3.05, 3.63) is 12.2 Å². The third-order valence-electron chi connectivity index (χ3n) is 2.22. The number of carbonyl (C=O) groups is 1. The summed E-state index contributed by atoms with van der Waals surface area (Å²) in [6, 6.07) is 0. The Bertz CT molecular complexity index is 187. The summed E-state index contributed by atoms with van der Waals surface area (Å²) in [4.78, 5) is 10.2. The van der Waals surface area contributed by atoms with Gasteiger partial charge in [0.2, 0.25) is 0 Å². The highest BCUT2D eigenvalue weighted by Gasteiger charge is 2.07. The van der Waals surface area contributed by atoms with E-state index in [1.54, 1.807) is 0 Å². The highest BCUT2D eigenvalue weighted by Crippen LogP contribution is 2.04. The van der Waals surface area contributed by atoms with Crippen LogP contribution in [0.2, 0.25) is 0 Å². The molecule has 15 heavy (non-hydrogen) atoms. The number of rotatable bonds is 9. The molecule has 0 heterocycles. The van der Waals surface area contributed by atoms with E-state index in [9.17, 15) is 9.90 Å². The second kappa shape index (κ2) is 9.71. The lowest BCUT2D eigenvalue weighted by Gasteiger charge is -2.04. The summed E-state index contributed by atoms with van der Waals surface area (Å²) in [7, 11) is 0. The van der Waals surface area contributed by atoms with Gasteiger partial charge < -0.3 is 10.2 Å². The van der Waals surface area contributed by atoms with E-state index >= 15 is 0 Å². The molecule has 1 atom stereocenters. The summed E-state index contributed by atoms with van der Waals surface area (Å²) >= 11 is 0. The normalized spacial score (nSPS) is 13.2. The van der Waals surface area contributed by atoms with Crippen LogP contribution in [0.1, 0.15) is 51.9 Å². The average molecular weight is 214 g/mol. The van der Waals surface area contributed by atoms with Crippen LogP contribution >= 0.6 is 0 Å². The lowest BCUT2D eigenvalue weighted by molar-refractivity contribution is -0.139. The average Bonchev–Trinajstić information content (AvgIpc) is 2.15. The zero-order chi connectivity index (χ0) is 11.5. The highest BCUT2D eigenvalue weighted by molar-refractivity contribution is 5.67. The number of aliphatic carboxylic acids is 1. The second-order valence-corrected chi connectivity index (χ2v) is 3.80. The molecular formula is C12H22O3. The molecule has 0 fully saturated rings. The van der Waals surface area contributed by atoms with Crippen LogP contribution in [-0.4, -0.2) is 22.3 Å². The van der Waals surface area contributed by atoms with E-state index in [-0.39, 0.29) is 6.42 Å². The first-order chi connectivity index (χ1) is 7.16. The molecule has 0 spiro atoms. The molecule has 0 amide bonds. The van der Waals surface area contributed by atoms with Crippen LogP contribution in [0.15, 0.2) is 12.2 Å². The molecule has 0 aromatic rings. The SMILES string of the molecule is CCCCC/C=C/CCC(O)CC(=O)O. The summed E-state index contributed by atoms with van der Waals surface area (Å²) in [6.45, 7) is 2.17. The largest absolute Gasteiger partial charge is 0.481 e. The minimum absolute atomic E-state index is 0.149. The predicted molar refractivity (Wildman–Crippen MR) is 60.8 cm³/mol. The third-order valence-corrected chi connectivity index (χ3v) is 2.22. The number of aliphatic hydroxyl groups excluding tert-OH is 1. The van der Waals surface area contributed by atoms with Gasteiger partial charge in [0.15, 0.2) is 0 Å². The van der Waals surface area contributed by atoms with Gasteiger partial charge in [0.05, 0.1) is 12.5 Å². The van der Waals surface area contributed by atoms with E-state index in [1.165, 1.54) is 19.3 Å². The molecule has 0 aliphatic heterocycles. The van der Waals surface area contributed by atoms with Crippen molar-refractivity contribution in [3.8, 4) is 0 Å². The minimum Gasteiger partial charge on any atom is -0.481 e. The van der Waals surface area contributed by atoms with Gasteiger partial charge in [-0.1, -0.05) is 31.9 Å². The standard InChI is InChI=1S/C12H22O3/c1-2-3-4-5-6-7-8-9-11(13)10-12(14)15/h6-7,11,13H,2-5,8-10H2,1H3,(H,14,15)/b7-6+. The number of carboxylic acids is 1. The second-order valence-electron chi connectivity index (χ2n) is 3.80. The Balaban J connectivity index is 3.32. The minimum atomic E-state index is -0.936. The van der Waals surface area contributed by atoms with Gasteiger partial charge in [0.25, 0.3) is 0 Å².